The first-order chi connectivity index (χ1) is 10.8. The predicted molar refractivity (Wildman–Crippen MR) is 93.3 cm³/mol. The molecule has 0 aliphatic carbocycles. The quantitative estimate of drug-likeness (QED) is 0.783. The Bertz CT molecular complexity index is 804. The van der Waals surface area contributed by atoms with Crippen LogP contribution in [0.5, 0.6) is 0 Å². The summed E-state index contributed by atoms with van der Waals surface area (Å²) in [5, 5.41) is 7.80. The molecule has 0 radical (unpaired) electrons. The molecule has 4 rings (SSSR count). The minimum Gasteiger partial charge on any atom is -0.348 e. The molecular weight excluding hydrogens is 314 g/mol. The maximum atomic E-state index is 12.1. The fourth-order valence-corrected chi connectivity index (χ4v) is 4.32. The van der Waals surface area contributed by atoms with Gasteiger partial charge in [0.2, 0.25) is 0 Å². The molecule has 22 heavy (non-hydrogen) atoms. The van der Waals surface area contributed by atoms with Crippen LogP contribution in [0.2, 0.25) is 0 Å². The molecule has 1 saturated heterocycles. The summed E-state index contributed by atoms with van der Waals surface area (Å²) in [5.41, 5.74) is 2.52. The topological polar surface area (TPSA) is 45.2 Å². The molecule has 0 unspecified atom stereocenters. The molecule has 1 fully saturated rings. The number of nitrogens with zero attached hydrogens (tertiary/aromatic N) is 2. The zero-order valence-electron chi connectivity index (χ0n) is 11.9. The highest BCUT2D eigenvalue weighted by Gasteiger charge is 2.16. The van der Waals surface area contributed by atoms with Gasteiger partial charge in [-0.25, -0.2) is 4.98 Å². The molecule has 2 aromatic heterocycles. The molecular formula is C16H15N3OS2. The van der Waals surface area contributed by atoms with Crippen LogP contribution in [-0.4, -0.2) is 24.0 Å². The van der Waals surface area contributed by atoms with Crippen LogP contribution in [0, 0.1) is 0 Å². The van der Waals surface area contributed by atoms with Crippen molar-refractivity contribution in [3.63, 3.8) is 0 Å². The number of fused-ring (bicyclic) bond motifs is 1. The normalized spacial score (nSPS) is 14.6. The predicted octanol–water partition coefficient (Wildman–Crippen LogP) is 4.21. The lowest BCUT2D eigenvalue weighted by atomic mass is 10.2. The highest BCUT2D eigenvalue weighted by Crippen LogP contribution is 2.32. The van der Waals surface area contributed by atoms with Crippen molar-refractivity contribution in [2.75, 3.05) is 23.3 Å². The number of anilines is 2. The molecule has 1 aliphatic rings. The number of thiophene rings is 1. The van der Waals surface area contributed by atoms with Crippen LogP contribution in [0.25, 0.3) is 10.2 Å². The number of thiazole rings is 1. The van der Waals surface area contributed by atoms with E-state index in [1.165, 1.54) is 24.2 Å². The monoisotopic (exact) mass is 329 g/mol. The summed E-state index contributed by atoms with van der Waals surface area (Å²) in [6, 6.07) is 7.74. The average molecular weight is 329 g/mol. The van der Waals surface area contributed by atoms with E-state index < -0.39 is 0 Å². The first kappa shape index (κ1) is 13.7. The van der Waals surface area contributed by atoms with E-state index in [2.05, 4.69) is 10.2 Å². The molecule has 1 aliphatic heterocycles. The van der Waals surface area contributed by atoms with Crippen LogP contribution in [0.1, 0.15) is 23.2 Å². The van der Waals surface area contributed by atoms with Gasteiger partial charge in [0, 0.05) is 24.2 Å². The van der Waals surface area contributed by atoms with Crippen molar-refractivity contribution in [3.8, 4) is 0 Å². The minimum atomic E-state index is -0.0649. The number of carbonyl (C=O) groups excluding carboxylic acids is 1. The molecule has 6 heteroatoms. The number of hydrogen-bond donors (Lipinski definition) is 1. The van der Waals surface area contributed by atoms with Gasteiger partial charge >= 0.3 is 0 Å². The Morgan fingerprint density at radius 1 is 1.23 bits per heavy atom. The second-order valence-corrected chi connectivity index (χ2v) is 7.13. The van der Waals surface area contributed by atoms with E-state index in [-0.39, 0.29) is 5.91 Å². The first-order valence-corrected chi connectivity index (χ1v) is 9.05. The van der Waals surface area contributed by atoms with Crippen LogP contribution >= 0.6 is 22.7 Å². The number of hydrogen-bond acceptors (Lipinski definition) is 5. The van der Waals surface area contributed by atoms with Gasteiger partial charge in [-0.15, -0.1) is 0 Å². The summed E-state index contributed by atoms with van der Waals surface area (Å²) in [7, 11) is 0. The van der Waals surface area contributed by atoms with Crippen molar-refractivity contribution in [1.29, 1.82) is 0 Å². The summed E-state index contributed by atoms with van der Waals surface area (Å²) in [5.74, 6) is -0.0649. The SMILES string of the molecule is O=C(Nc1ccc2nc(N3CCCC3)sc2c1)c1ccsc1. The Labute approximate surface area is 136 Å². The van der Waals surface area contributed by atoms with Crippen molar-refractivity contribution in [3.05, 3.63) is 40.6 Å². The molecule has 0 saturated carbocycles. The van der Waals surface area contributed by atoms with Crippen LogP contribution < -0.4 is 10.2 Å². The van der Waals surface area contributed by atoms with Gasteiger partial charge in [-0.05, 0) is 42.5 Å². The third-order valence-electron chi connectivity index (χ3n) is 3.79. The maximum absolute atomic E-state index is 12.1. The largest absolute Gasteiger partial charge is 0.348 e. The number of benzene rings is 1. The Morgan fingerprint density at radius 2 is 2.09 bits per heavy atom. The molecule has 0 spiro atoms. The van der Waals surface area contributed by atoms with Crippen LogP contribution in [-0.2, 0) is 0 Å². The van der Waals surface area contributed by atoms with Gasteiger partial charge in [-0.3, -0.25) is 4.79 Å². The van der Waals surface area contributed by atoms with E-state index >= 15 is 0 Å². The van der Waals surface area contributed by atoms with Crippen molar-refractivity contribution < 1.29 is 4.79 Å². The standard InChI is InChI=1S/C16H15N3OS2/c20-15(11-5-8-21-10-11)17-12-3-4-13-14(9-12)22-16(18-13)19-6-1-2-7-19/h3-5,8-10H,1-2,6-7H2,(H,17,20). The van der Waals surface area contributed by atoms with Crippen molar-refractivity contribution in [1.82, 2.24) is 4.98 Å². The lowest BCUT2D eigenvalue weighted by Gasteiger charge is -2.11. The Kier molecular flexibility index (Phi) is 3.56. The minimum absolute atomic E-state index is 0.0649. The zero-order chi connectivity index (χ0) is 14.9. The number of aromatic nitrogens is 1. The second-order valence-electron chi connectivity index (χ2n) is 5.34. The molecule has 0 atom stereocenters. The molecule has 1 amide bonds. The van der Waals surface area contributed by atoms with Crippen LogP contribution in [0.15, 0.2) is 35.0 Å². The Hall–Kier alpha value is -1.92. The Balaban J connectivity index is 1.58. The first-order valence-electron chi connectivity index (χ1n) is 7.29. The highest BCUT2D eigenvalue weighted by atomic mass is 32.1. The van der Waals surface area contributed by atoms with E-state index in [1.54, 1.807) is 11.3 Å². The summed E-state index contributed by atoms with van der Waals surface area (Å²) < 4.78 is 1.12. The molecule has 1 N–H and O–H groups in total. The van der Waals surface area contributed by atoms with E-state index in [0.717, 1.165) is 34.1 Å². The molecule has 1 aromatic carbocycles. The van der Waals surface area contributed by atoms with Gasteiger partial charge in [0.25, 0.3) is 5.91 Å². The van der Waals surface area contributed by atoms with Crippen molar-refractivity contribution in [2.24, 2.45) is 0 Å². The fourth-order valence-electron chi connectivity index (χ4n) is 2.63. The number of nitrogens with one attached hydrogen (secondary N) is 1. The van der Waals surface area contributed by atoms with E-state index in [1.807, 2.05) is 35.0 Å². The molecule has 3 heterocycles. The van der Waals surface area contributed by atoms with Gasteiger partial charge in [0.1, 0.15) is 0 Å². The number of rotatable bonds is 3. The number of amides is 1. The van der Waals surface area contributed by atoms with Gasteiger partial charge in [0.05, 0.1) is 15.8 Å². The third kappa shape index (κ3) is 2.60. The van der Waals surface area contributed by atoms with Gasteiger partial charge < -0.3 is 10.2 Å². The molecule has 0 bridgehead atoms. The lowest BCUT2D eigenvalue weighted by molar-refractivity contribution is 0.102. The third-order valence-corrected chi connectivity index (χ3v) is 5.56. The van der Waals surface area contributed by atoms with Crippen molar-refractivity contribution >= 4 is 49.6 Å². The van der Waals surface area contributed by atoms with E-state index in [4.69, 9.17) is 4.98 Å². The van der Waals surface area contributed by atoms with Crippen molar-refractivity contribution in [2.45, 2.75) is 12.8 Å². The van der Waals surface area contributed by atoms with Crippen LogP contribution in [0.4, 0.5) is 10.8 Å². The zero-order valence-corrected chi connectivity index (χ0v) is 13.5. The van der Waals surface area contributed by atoms with E-state index in [0.29, 0.717) is 5.56 Å². The summed E-state index contributed by atoms with van der Waals surface area (Å²) >= 11 is 3.22. The molecule has 3 aromatic rings. The summed E-state index contributed by atoms with van der Waals surface area (Å²) in [4.78, 5) is 19.1. The molecule has 112 valence electrons. The Morgan fingerprint density at radius 3 is 2.86 bits per heavy atom. The summed E-state index contributed by atoms with van der Waals surface area (Å²) in [6.07, 6.45) is 2.50. The average Bonchev–Trinajstić information content (AvgIpc) is 3.26. The molecule has 4 nitrogen and oxygen atoms in total. The number of carbonyl (C=O) groups is 1. The van der Waals surface area contributed by atoms with Gasteiger partial charge in [-0.2, -0.15) is 11.3 Å². The second kappa shape index (κ2) is 5.70. The van der Waals surface area contributed by atoms with Gasteiger partial charge in [-0.1, -0.05) is 11.3 Å². The summed E-state index contributed by atoms with van der Waals surface area (Å²) in [6.45, 7) is 2.20. The smallest absolute Gasteiger partial charge is 0.256 e. The maximum Gasteiger partial charge on any atom is 0.256 e. The van der Waals surface area contributed by atoms with E-state index in [9.17, 15) is 4.79 Å². The lowest BCUT2D eigenvalue weighted by Crippen LogP contribution is -2.16. The van der Waals surface area contributed by atoms with Crippen LogP contribution in [0.3, 0.4) is 0 Å². The van der Waals surface area contributed by atoms with Gasteiger partial charge in [0.15, 0.2) is 5.13 Å². The highest BCUT2D eigenvalue weighted by molar-refractivity contribution is 7.22. The fraction of sp³-hybridized carbons (Fsp3) is 0.250.